The lowest BCUT2D eigenvalue weighted by molar-refractivity contribution is 0.0954. The number of carbonyl (C=O) groups is 1. The van der Waals surface area contributed by atoms with Gasteiger partial charge in [0.05, 0.1) is 16.6 Å². The minimum Gasteiger partial charge on any atom is -0.352 e. The number of aromatic amines is 1. The van der Waals surface area contributed by atoms with Gasteiger partial charge < -0.3 is 10.3 Å². The maximum Gasteiger partial charge on any atom is 0.251 e. The van der Waals surface area contributed by atoms with Crippen molar-refractivity contribution in [2.45, 2.75) is 32.1 Å². The average molecular weight is 403 g/mol. The highest BCUT2D eigenvalue weighted by atomic mass is 32.1. The van der Waals surface area contributed by atoms with Crippen molar-refractivity contribution in [3.63, 3.8) is 0 Å². The summed E-state index contributed by atoms with van der Waals surface area (Å²) >= 11 is 5.57. The summed E-state index contributed by atoms with van der Waals surface area (Å²) in [5.74, 6) is -0.0593. The SMILES string of the molecule is O=C(NCCC1=CCCCC1)c1ccc2c(c1)[nH]c(=S)n1c3ccccc3nc21. The molecule has 2 aromatic heterocycles. The number of amides is 1. The molecule has 0 spiro atoms. The zero-order chi connectivity index (χ0) is 19.8. The minimum atomic E-state index is -0.0593. The van der Waals surface area contributed by atoms with E-state index in [1.165, 1.54) is 24.8 Å². The second-order valence-corrected chi connectivity index (χ2v) is 7.95. The molecular weight excluding hydrogens is 380 g/mol. The number of para-hydroxylation sites is 2. The second-order valence-electron chi connectivity index (χ2n) is 7.56. The predicted molar refractivity (Wildman–Crippen MR) is 119 cm³/mol. The van der Waals surface area contributed by atoms with Crippen molar-refractivity contribution >= 4 is 45.7 Å². The van der Waals surface area contributed by atoms with Crippen molar-refractivity contribution in [2.75, 3.05) is 6.54 Å². The first kappa shape index (κ1) is 18.1. The molecule has 0 saturated heterocycles. The molecule has 4 aromatic rings. The number of allylic oxidation sites excluding steroid dienone is 1. The normalized spacial score (nSPS) is 14.4. The van der Waals surface area contributed by atoms with Crippen molar-refractivity contribution in [3.8, 4) is 0 Å². The Bertz CT molecular complexity index is 1330. The third kappa shape index (κ3) is 3.34. The number of nitrogens with zero attached hydrogens (tertiary/aromatic N) is 2. The quantitative estimate of drug-likeness (QED) is 0.359. The number of imidazole rings is 1. The van der Waals surface area contributed by atoms with E-state index in [2.05, 4.69) is 16.4 Å². The molecule has 0 atom stereocenters. The second kappa shape index (κ2) is 7.44. The van der Waals surface area contributed by atoms with Crippen LogP contribution >= 0.6 is 12.2 Å². The van der Waals surface area contributed by atoms with Crippen molar-refractivity contribution < 1.29 is 4.79 Å². The van der Waals surface area contributed by atoms with Gasteiger partial charge in [-0.15, -0.1) is 0 Å². The largest absolute Gasteiger partial charge is 0.352 e. The number of carbonyl (C=O) groups excluding carboxylic acids is 1. The van der Waals surface area contributed by atoms with Crippen LogP contribution < -0.4 is 5.32 Å². The van der Waals surface area contributed by atoms with Gasteiger partial charge in [0.1, 0.15) is 5.65 Å². The van der Waals surface area contributed by atoms with E-state index in [0.29, 0.717) is 16.9 Å². The van der Waals surface area contributed by atoms with Gasteiger partial charge in [-0.3, -0.25) is 9.20 Å². The molecule has 0 fully saturated rings. The first-order valence-electron chi connectivity index (χ1n) is 10.1. The standard InChI is InChI=1S/C23H22N4OS/c28-22(24-13-12-15-6-2-1-3-7-15)16-10-11-17-19(14-16)26-23(29)27-20-9-5-4-8-18(20)25-21(17)27/h4-6,8-11,14H,1-3,7,12-13H2,(H,24,28)(H,26,29). The fourth-order valence-electron chi connectivity index (χ4n) is 4.14. The van der Waals surface area contributed by atoms with E-state index in [0.717, 1.165) is 40.4 Å². The van der Waals surface area contributed by atoms with E-state index < -0.39 is 0 Å². The number of hydrogen-bond donors (Lipinski definition) is 2. The van der Waals surface area contributed by atoms with Crippen LogP contribution in [0.5, 0.6) is 0 Å². The lowest BCUT2D eigenvalue weighted by atomic mass is 9.97. The van der Waals surface area contributed by atoms with E-state index >= 15 is 0 Å². The van der Waals surface area contributed by atoms with Crippen LogP contribution in [0.3, 0.4) is 0 Å². The molecule has 5 nitrogen and oxygen atoms in total. The Labute approximate surface area is 173 Å². The van der Waals surface area contributed by atoms with Crippen LogP contribution in [0.15, 0.2) is 54.1 Å². The summed E-state index contributed by atoms with van der Waals surface area (Å²) in [5, 5.41) is 3.99. The summed E-state index contributed by atoms with van der Waals surface area (Å²) in [6.07, 6.45) is 8.14. The molecule has 0 unspecified atom stereocenters. The van der Waals surface area contributed by atoms with Gasteiger partial charge in [0.15, 0.2) is 4.77 Å². The van der Waals surface area contributed by atoms with E-state index in [-0.39, 0.29) is 5.91 Å². The molecule has 0 aliphatic heterocycles. The van der Waals surface area contributed by atoms with Crippen LogP contribution in [0.25, 0.3) is 27.6 Å². The van der Waals surface area contributed by atoms with Gasteiger partial charge in [0.2, 0.25) is 0 Å². The van der Waals surface area contributed by atoms with Crippen LogP contribution in [-0.4, -0.2) is 26.8 Å². The number of fused-ring (bicyclic) bond motifs is 5. The van der Waals surface area contributed by atoms with Crippen LogP contribution in [-0.2, 0) is 0 Å². The Morgan fingerprint density at radius 2 is 2.10 bits per heavy atom. The molecule has 2 aromatic carbocycles. The number of benzene rings is 2. The summed E-state index contributed by atoms with van der Waals surface area (Å²) in [6, 6.07) is 13.6. The van der Waals surface area contributed by atoms with Crippen LogP contribution in [0, 0.1) is 4.77 Å². The number of H-pyrrole nitrogens is 1. The molecule has 29 heavy (non-hydrogen) atoms. The molecule has 1 aliphatic rings. The highest BCUT2D eigenvalue weighted by molar-refractivity contribution is 7.71. The predicted octanol–water partition coefficient (Wildman–Crippen LogP) is 5.32. The maximum absolute atomic E-state index is 12.6. The fourth-order valence-corrected chi connectivity index (χ4v) is 4.43. The number of hydrogen-bond acceptors (Lipinski definition) is 3. The number of nitrogens with one attached hydrogen (secondary N) is 2. The Kier molecular flexibility index (Phi) is 4.64. The maximum atomic E-state index is 12.6. The highest BCUT2D eigenvalue weighted by Crippen LogP contribution is 2.24. The molecule has 1 amide bonds. The molecule has 2 heterocycles. The first-order chi connectivity index (χ1) is 14.2. The summed E-state index contributed by atoms with van der Waals surface area (Å²) in [7, 11) is 0. The molecule has 6 heteroatoms. The van der Waals surface area contributed by atoms with E-state index in [4.69, 9.17) is 17.2 Å². The van der Waals surface area contributed by atoms with Crippen LogP contribution in [0.2, 0.25) is 0 Å². The van der Waals surface area contributed by atoms with Crippen molar-refractivity contribution in [2.24, 2.45) is 0 Å². The van der Waals surface area contributed by atoms with Gasteiger partial charge in [0, 0.05) is 17.5 Å². The number of rotatable bonds is 4. The zero-order valence-electron chi connectivity index (χ0n) is 16.1. The Balaban J connectivity index is 1.44. The number of aromatic nitrogens is 3. The third-order valence-corrected chi connectivity index (χ3v) is 5.93. The van der Waals surface area contributed by atoms with E-state index in [1.807, 2.05) is 46.9 Å². The molecule has 146 valence electrons. The van der Waals surface area contributed by atoms with Crippen molar-refractivity contribution in [3.05, 3.63) is 64.4 Å². The molecule has 0 radical (unpaired) electrons. The van der Waals surface area contributed by atoms with Crippen LogP contribution in [0.1, 0.15) is 42.5 Å². The summed E-state index contributed by atoms with van der Waals surface area (Å²) in [6.45, 7) is 0.670. The molecular formula is C23H22N4OS. The molecule has 2 N–H and O–H groups in total. The summed E-state index contributed by atoms with van der Waals surface area (Å²) in [4.78, 5) is 20.6. The van der Waals surface area contributed by atoms with Gasteiger partial charge in [-0.25, -0.2) is 4.98 Å². The van der Waals surface area contributed by atoms with Gasteiger partial charge in [0.25, 0.3) is 5.91 Å². The molecule has 1 aliphatic carbocycles. The monoisotopic (exact) mass is 402 g/mol. The topological polar surface area (TPSA) is 62.2 Å². The smallest absolute Gasteiger partial charge is 0.251 e. The fraction of sp³-hybridized carbons (Fsp3) is 0.261. The van der Waals surface area contributed by atoms with Crippen molar-refractivity contribution in [1.29, 1.82) is 0 Å². The Morgan fingerprint density at radius 1 is 1.21 bits per heavy atom. The summed E-state index contributed by atoms with van der Waals surface area (Å²) < 4.78 is 2.52. The molecule has 0 bridgehead atoms. The Morgan fingerprint density at radius 3 is 2.97 bits per heavy atom. The van der Waals surface area contributed by atoms with Crippen molar-refractivity contribution in [1.82, 2.24) is 19.7 Å². The lowest BCUT2D eigenvalue weighted by Crippen LogP contribution is -2.24. The molecule has 0 saturated carbocycles. The summed E-state index contributed by atoms with van der Waals surface area (Å²) in [5.41, 5.74) is 5.60. The lowest BCUT2D eigenvalue weighted by Gasteiger charge is -2.13. The minimum absolute atomic E-state index is 0.0593. The Hall–Kier alpha value is -2.99. The van der Waals surface area contributed by atoms with Gasteiger partial charge in [-0.2, -0.15) is 0 Å². The highest BCUT2D eigenvalue weighted by Gasteiger charge is 2.12. The van der Waals surface area contributed by atoms with E-state index in [9.17, 15) is 4.79 Å². The zero-order valence-corrected chi connectivity index (χ0v) is 16.9. The molecule has 5 rings (SSSR count). The average Bonchev–Trinajstić information content (AvgIpc) is 3.14. The third-order valence-electron chi connectivity index (χ3n) is 5.64. The van der Waals surface area contributed by atoms with Gasteiger partial charge in [-0.05, 0) is 74.7 Å². The van der Waals surface area contributed by atoms with Gasteiger partial charge in [-0.1, -0.05) is 23.8 Å². The van der Waals surface area contributed by atoms with Gasteiger partial charge >= 0.3 is 0 Å². The van der Waals surface area contributed by atoms with Crippen LogP contribution in [0.4, 0.5) is 0 Å². The van der Waals surface area contributed by atoms with E-state index in [1.54, 1.807) is 0 Å². The first-order valence-corrected chi connectivity index (χ1v) is 10.5.